The minimum atomic E-state index is -1.04. The van der Waals surface area contributed by atoms with E-state index >= 15 is 0 Å². The van der Waals surface area contributed by atoms with Crippen LogP contribution in [0.4, 0.5) is 0 Å². The molecule has 0 unspecified atom stereocenters. The Morgan fingerprint density at radius 2 is 2.00 bits per heavy atom. The zero-order chi connectivity index (χ0) is 14.5. The van der Waals surface area contributed by atoms with Crippen molar-refractivity contribution >= 4 is 23.1 Å². The van der Waals surface area contributed by atoms with Gasteiger partial charge in [0.05, 0.1) is 5.69 Å². The van der Waals surface area contributed by atoms with Crippen molar-refractivity contribution in [1.29, 1.82) is 0 Å². The molecule has 0 atom stereocenters. The summed E-state index contributed by atoms with van der Waals surface area (Å²) in [7, 11) is 0. The van der Waals surface area contributed by atoms with Gasteiger partial charge < -0.3 is 9.84 Å². The van der Waals surface area contributed by atoms with Gasteiger partial charge in [-0.3, -0.25) is 4.79 Å². The lowest BCUT2D eigenvalue weighted by Crippen LogP contribution is -2.00. The Balaban J connectivity index is 1.96. The quantitative estimate of drug-likeness (QED) is 0.828. The molecule has 0 saturated heterocycles. The molecule has 0 amide bonds. The average molecular weight is 291 g/mol. The number of carbonyl (C=O) groups excluding carboxylic acids is 1. The Labute approximate surface area is 119 Å². The van der Waals surface area contributed by atoms with E-state index in [1.54, 1.807) is 29.6 Å². The highest BCUT2D eigenvalue weighted by Crippen LogP contribution is 2.16. The summed E-state index contributed by atoms with van der Waals surface area (Å²) in [5, 5.41) is 10.5. The second-order valence-corrected chi connectivity index (χ2v) is 4.90. The molecule has 0 aliphatic rings. The fraction of sp³-hybridized carbons (Fsp3) is 0.214. The first-order chi connectivity index (χ1) is 9.60. The molecule has 2 aromatic rings. The molecule has 104 valence electrons. The summed E-state index contributed by atoms with van der Waals surface area (Å²) >= 11 is 1.07. The summed E-state index contributed by atoms with van der Waals surface area (Å²) in [5.41, 5.74) is 1.22. The number of Topliss-reactive ketones (excluding diaryl/α,β-unsaturated/α-hetero) is 1. The largest absolute Gasteiger partial charge is 0.487 e. The fourth-order valence-corrected chi connectivity index (χ4v) is 2.21. The number of aromatic carboxylic acids is 1. The SMILES string of the molecule is CCC(=O)c1ccc(OCc2csc(C(=O)O)n2)cc1. The first-order valence-electron chi connectivity index (χ1n) is 6.04. The predicted octanol–water partition coefficient (Wildman–Crippen LogP) is 3.01. The van der Waals surface area contributed by atoms with Crippen LogP contribution in [0, 0.1) is 0 Å². The molecule has 1 aromatic heterocycles. The van der Waals surface area contributed by atoms with Gasteiger partial charge in [0.15, 0.2) is 5.78 Å². The molecule has 0 saturated carbocycles. The summed E-state index contributed by atoms with van der Waals surface area (Å²) in [6.45, 7) is 2.01. The van der Waals surface area contributed by atoms with Crippen LogP contribution in [0.5, 0.6) is 5.75 Å². The first kappa shape index (κ1) is 14.2. The van der Waals surface area contributed by atoms with Gasteiger partial charge >= 0.3 is 5.97 Å². The molecule has 0 bridgehead atoms. The van der Waals surface area contributed by atoms with Crippen LogP contribution in [0.2, 0.25) is 0 Å². The molecular formula is C14H13NO4S. The van der Waals surface area contributed by atoms with Crippen LogP contribution in [-0.4, -0.2) is 21.8 Å². The highest BCUT2D eigenvalue weighted by Gasteiger charge is 2.09. The third kappa shape index (κ3) is 3.42. The maximum Gasteiger partial charge on any atom is 0.365 e. The van der Waals surface area contributed by atoms with Gasteiger partial charge in [0.1, 0.15) is 12.4 Å². The number of ether oxygens (including phenoxy) is 1. The number of hydrogen-bond acceptors (Lipinski definition) is 5. The summed E-state index contributed by atoms with van der Waals surface area (Å²) < 4.78 is 5.49. The van der Waals surface area contributed by atoms with Crippen molar-refractivity contribution in [3.8, 4) is 5.75 Å². The molecule has 1 N–H and O–H groups in total. The monoisotopic (exact) mass is 291 g/mol. The molecule has 2 rings (SSSR count). The molecule has 20 heavy (non-hydrogen) atoms. The molecular weight excluding hydrogens is 278 g/mol. The van der Waals surface area contributed by atoms with Crippen LogP contribution in [-0.2, 0) is 6.61 Å². The number of thiazole rings is 1. The van der Waals surface area contributed by atoms with E-state index in [0.29, 0.717) is 23.4 Å². The standard InChI is InChI=1S/C14H13NO4S/c1-2-12(16)9-3-5-11(6-4-9)19-7-10-8-20-13(15-10)14(17)18/h3-6,8H,2,7H2,1H3,(H,17,18). The van der Waals surface area contributed by atoms with Gasteiger partial charge in [0, 0.05) is 17.4 Å². The third-order valence-electron chi connectivity index (χ3n) is 2.62. The van der Waals surface area contributed by atoms with E-state index in [-0.39, 0.29) is 17.4 Å². The van der Waals surface area contributed by atoms with Crippen molar-refractivity contribution < 1.29 is 19.4 Å². The maximum atomic E-state index is 11.5. The van der Waals surface area contributed by atoms with Gasteiger partial charge in [-0.2, -0.15) is 0 Å². The highest BCUT2D eigenvalue weighted by atomic mass is 32.1. The normalized spacial score (nSPS) is 10.2. The number of ketones is 1. The van der Waals surface area contributed by atoms with E-state index in [4.69, 9.17) is 9.84 Å². The third-order valence-corrected chi connectivity index (χ3v) is 3.50. The lowest BCUT2D eigenvalue weighted by Gasteiger charge is -2.05. The van der Waals surface area contributed by atoms with Crippen LogP contribution in [0.25, 0.3) is 0 Å². The number of benzene rings is 1. The van der Waals surface area contributed by atoms with Crippen LogP contribution < -0.4 is 4.74 Å². The number of aromatic nitrogens is 1. The van der Waals surface area contributed by atoms with Crippen LogP contribution in [0.3, 0.4) is 0 Å². The van der Waals surface area contributed by atoms with Crippen molar-refractivity contribution in [3.05, 3.63) is 45.9 Å². The Hall–Kier alpha value is -2.21. The van der Waals surface area contributed by atoms with Crippen molar-refractivity contribution in [3.63, 3.8) is 0 Å². The van der Waals surface area contributed by atoms with Gasteiger partial charge in [-0.05, 0) is 24.3 Å². The average Bonchev–Trinajstić information content (AvgIpc) is 2.94. The van der Waals surface area contributed by atoms with Crippen LogP contribution >= 0.6 is 11.3 Å². The lowest BCUT2D eigenvalue weighted by molar-refractivity contribution is 0.0696. The number of carbonyl (C=O) groups is 2. The predicted molar refractivity (Wildman–Crippen MR) is 74.5 cm³/mol. The molecule has 0 spiro atoms. The summed E-state index contributed by atoms with van der Waals surface area (Å²) in [4.78, 5) is 26.1. The fourth-order valence-electron chi connectivity index (χ4n) is 1.57. The lowest BCUT2D eigenvalue weighted by atomic mass is 10.1. The van der Waals surface area contributed by atoms with E-state index in [9.17, 15) is 9.59 Å². The number of nitrogens with zero attached hydrogens (tertiary/aromatic N) is 1. The summed E-state index contributed by atoms with van der Waals surface area (Å²) in [6, 6.07) is 6.86. The second kappa shape index (κ2) is 6.29. The maximum absolute atomic E-state index is 11.5. The highest BCUT2D eigenvalue weighted by molar-refractivity contribution is 7.11. The van der Waals surface area contributed by atoms with Crippen molar-refractivity contribution in [1.82, 2.24) is 4.98 Å². The van der Waals surface area contributed by atoms with E-state index in [2.05, 4.69) is 4.98 Å². The van der Waals surface area contributed by atoms with E-state index in [1.165, 1.54) is 0 Å². The number of carboxylic acid groups (broad SMARTS) is 1. The minimum Gasteiger partial charge on any atom is -0.487 e. The van der Waals surface area contributed by atoms with E-state index in [1.807, 2.05) is 6.92 Å². The molecule has 0 radical (unpaired) electrons. The van der Waals surface area contributed by atoms with Gasteiger partial charge in [-0.15, -0.1) is 11.3 Å². The topological polar surface area (TPSA) is 76.5 Å². The number of rotatable bonds is 6. The molecule has 5 nitrogen and oxygen atoms in total. The van der Waals surface area contributed by atoms with Crippen LogP contribution in [0.15, 0.2) is 29.6 Å². The van der Waals surface area contributed by atoms with E-state index < -0.39 is 5.97 Å². The van der Waals surface area contributed by atoms with Gasteiger partial charge in [-0.25, -0.2) is 9.78 Å². The molecule has 0 fully saturated rings. The van der Waals surface area contributed by atoms with Gasteiger partial charge in [0.25, 0.3) is 0 Å². The zero-order valence-corrected chi connectivity index (χ0v) is 11.6. The Bertz CT molecular complexity index is 618. The number of hydrogen-bond donors (Lipinski definition) is 1. The molecule has 0 aliphatic carbocycles. The summed E-state index contributed by atoms with van der Waals surface area (Å²) in [5.74, 6) is -0.339. The smallest absolute Gasteiger partial charge is 0.365 e. The van der Waals surface area contributed by atoms with Crippen molar-refractivity contribution in [2.75, 3.05) is 0 Å². The summed E-state index contributed by atoms with van der Waals surface area (Å²) in [6.07, 6.45) is 0.469. The zero-order valence-electron chi connectivity index (χ0n) is 10.8. The Morgan fingerprint density at radius 1 is 1.30 bits per heavy atom. The van der Waals surface area contributed by atoms with Gasteiger partial charge in [-0.1, -0.05) is 6.92 Å². The number of carboxylic acids is 1. The molecule has 1 aromatic carbocycles. The van der Waals surface area contributed by atoms with E-state index in [0.717, 1.165) is 11.3 Å². The second-order valence-electron chi connectivity index (χ2n) is 4.04. The molecule has 0 aliphatic heterocycles. The Kier molecular flexibility index (Phi) is 4.47. The first-order valence-corrected chi connectivity index (χ1v) is 6.92. The van der Waals surface area contributed by atoms with Crippen LogP contribution in [0.1, 0.15) is 39.2 Å². The van der Waals surface area contributed by atoms with Crippen molar-refractivity contribution in [2.24, 2.45) is 0 Å². The van der Waals surface area contributed by atoms with Gasteiger partial charge in [0.2, 0.25) is 5.01 Å². The molecule has 1 heterocycles. The minimum absolute atomic E-state index is 0.0486. The Morgan fingerprint density at radius 3 is 2.55 bits per heavy atom. The van der Waals surface area contributed by atoms with Crippen molar-refractivity contribution in [2.45, 2.75) is 20.0 Å². The molecule has 6 heteroatoms.